The maximum Gasteiger partial charge on any atom is 0.416 e. The highest BCUT2D eigenvalue weighted by atomic mass is 19.4. The number of anilines is 2. The number of alkyl halides is 3. The van der Waals surface area contributed by atoms with Gasteiger partial charge in [-0.2, -0.15) is 13.2 Å². The number of amides is 4. The van der Waals surface area contributed by atoms with Crippen molar-refractivity contribution in [2.75, 3.05) is 29.9 Å². The first-order chi connectivity index (χ1) is 15.1. The van der Waals surface area contributed by atoms with Crippen molar-refractivity contribution in [3.63, 3.8) is 0 Å². The lowest BCUT2D eigenvalue weighted by Gasteiger charge is -2.36. The highest BCUT2D eigenvalue weighted by Gasteiger charge is 2.55. The highest BCUT2D eigenvalue weighted by molar-refractivity contribution is 6.10. The van der Waals surface area contributed by atoms with Crippen LogP contribution in [0.2, 0.25) is 0 Å². The molecule has 4 amide bonds. The van der Waals surface area contributed by atoms with Gasteiger partial charge in [-0.1, -0.05) is 19.8 Å². The summed E-state index contributed by atoms with van der Waals surface area (Å²) < 4.78 is 39.8. The van der Waals surface area contributed by atoms with E-state index in [0.29, 0.717) is 25.2 Å². The van der Waals surface area contributed by atoms with Crippen LogP contribution in [0.1, 0.15) is 51.0 Å². The third-order valence-electron chi connectivity index (χ3n) is 6.85. The van der Waals surface area contributed by atoms with Gasteiger partial charge in [0.2, 0.25) is 5.91 Å². The minimum absolute atomic E-state index is 0.0273. The van der Waals surface area contributed by atoms with Gasteiger partial charge in [0.05, 0.1) is 16.9 Å². The first-order valence-electron chi connectivity index (χ1n) is 11.0. The fourth-order valence-corrected chi connectivity index (χ4v) is 5.02. The smallest absolute Gasteiger partial charge is 0.370 e. The number of carbonyl (C=O) groups excluding carboxylic acids is 3. The minimum Gasteiger partial charge on any atom is -0.370 e. The number of rotatable bonds is 4. The molecule has 1 aromatic rings. The Morgan fingerprint density at radius 3 is 2.56 bits per heavy atom. The predicted octanol–water partition coefficient (Wildman–Crippen LogP) is 3.74. The number of nitrogens with zero attached hydrogens (tertiary/aromatic N) is 2. The molecule has 1 aromatic carbocycles. The molecule has 0 aromatic heterocycles. The van der Waals surface area contributed by atoms with Gasteiger partial charge in [-0.05, 0) is 49.8 Å². The molecule has 4 rings (SSSR count). The number of benzene rings is 1. The second-order valence-electron chi connectivity index (χ2n) is 8.91. The van der Waals surface area contributed by atoms with Gasteiger partial charge < -0.3 is 15.5 Å². The molecule has 1 saturated carbocycles. The maximum atomic E-state index is 13.3. The van der Waals surface area contributed by atoms with Crippen molar-refractivity contribution < 1.29 is 27.6 Å². The molecular weight excluding hydrogens is 425 g/mol. The third-order valence-corrected chi connectivity index (χ3v) is 6.85. The SMILES string of the molecule is CC1CCCCC12NC(=O)N(CC(=O)Nc1cc(C(F)(F)F)ccc1N1CCCC1)C2=O. The molecule has 2 unspecified atom stereocenters. The largest absolute Gasteiger partial charge is 0.416 e. The van der Waals surface area contributed by atoms with Gasteiger partial charge in [-0.25, -0.2) is 4.79 Å². The summed E-state index contributed by atoms with van der Waals surface area (Å²) in [5.74, 6) is -1.20. The lowest BCUT2D eigenvalue weighted by Crippen LogP contribution is -2.54. The van der Waals surface area contributed by atoms with Crippen LogP contribution in [-0.2, 0) is 15.8 Å². The van der Waals surface area contributed by atoms with E-state index >= 15 is 0 Å². The van der Waals surface area contributed by atoms with Crippen LogP contribution in [0.3, 0.4) is 0 Å². The molecule has 174 valence electrons. The molecule has 2 heterocycles. The molecular formula is C22H27F3N4O3. The zero-order valence-corrected chi connectivity index (χ0v) is 17.9. The zero-order chi connectivity index (χ0) is 23.1. The Bertz CT molecular complexity index is 929. The predicted molar refractivity (Wildman–Crippen MR) is 112 cm³/mol. The highest BCUT2D eigenvalue weighted by Crippen LogP contribution is 2.39. The number of hydrogen-bond donors (Lipinski definition) is 2. The molecule has 2 aliphatic heterocycles. The van der Waals surface area contributed by atoms with Crippen LogP contribution in [0.25, 0.3) is 0 Å². The van der Waals surface area contributed by atoms with E-state index in [1.807, 2.05) is 11.8 Å². The van der Waals surface area contributed by atoms with Gasteiger partial charge >= 0.3 is 12.2 Å². The topological polar surface area (TPSA) is 81.8 Å². The van der Waals surface area contributed by atoms with E-state index in [4.69, 9.17) is 0 Å². The van der Waals surface area contributed by atoms with Crippen LogP contribution in [0, 0.1) is 5.92 Å². The van der Waals surface area contributed by atoms with Crippen molar-refractivity contribution in [1.29, 1.82) is 0 Å². The van der Waals surface area contributed by atoms with Crippen LogP contribution in [0.5, 0.6) is 0 Å². The number of halogens is 3. The second kappa shape index (κ2) is 8.29. The van der Waals surface area contributed by atoms with Gasteiger partial charge in [0.15, 0.2) is 0 Å². The molecule has 2 saturated heterocycles. The summed E-state index contributed by atoms with van der Waals surface area (Å²) in [6, 6.07) is 2.62. The Hall–Kier alpha value is -2.78. The molecule has 0 bridgehead atoms. The lowest BCUT2D eigenvalue weighted by molar-refractivity contribution is -0.137. The van der Waals surface area contributed by atoms with Crippen LogP contribution < -0.4 is 15.5 Å². The first kappa shape index (κ1) is 22.4. The summed E-state index contributed by atoms with van der Waals surface area (Å²) in [4.78, 5) is 41.1. The second-order valence-corrected chi connectivity index (χ2v) is 8.91. The molecule has 0 radical (unpaired) electrons. The van der Waals surface area contributed by atoms with Gasteiger partial charge in [0, 0.05) is 13.1 Å². The first-order valence-corrected chi connectivity index (χ1v) is 11.0. The standard InChI is InChI=1S/C22H27F3N4O3/c1-14-6-2-3-9-21(14)19(31)29(20(32)27-21)13-18(30)26-16-12-15(22(23,24)25)7-8-17(16)28-10-4-5-11-28/h7-8,12,14H,2-6,9-11,13H2,1H3,(H,26,30)(H,27,32). The summed E-state index contributed by atoms with van der Waals surface area (Å²) in [7, 11) is 0. The van der Waals surface area contributed by atoms with Crippen molar-refractivity contribution in [2.45, 2.75) is 57.2 Å². The average molecular weight is 452 g/mol. The average Bonchev–Trinajstić information content (AvgIpc) is 3.33. The monoisotopic (exact) mass is 452 g/mol. The number of imide groups is 1. The molecule has 3 fully saturated rings. The maximum absolute atomic E-state index is 13.3. The Morgan fingerprint density at radius 2 is 1.91 bits per heavy atom. The van der Waals surface area contributed by atoms with Crippen LogP contribution in [0.4, 0.5) is 29.3 Å². The Balaban J connectivity index is 1.53. The van der Waals surface area contributed by atoms with Crippen LogP contribution in [0.15, 0.2) is 18.2 Å². The van der Waals surface area contributed by atoms with E-state index in [1.165, 1.54) is 6.07 Å². The van der Waals surface area contributed by atoms with E-state index in [2.05, 4.69) is 10.6 Å². The number of urea groups is 1. The van der Waals surface area contributed by atoms with Gasteiger partial charge in [0.25, 0.3) is 5.91 Å². The van der Waals surface area contributed by atoms with Crippen LogP contribution in [-0.4, -0.2) is 47.9 Å². The quantitative estimate of drug-likeness (QED) is 0.682. The Kier molecular flexibility index (Phi) is 5.81. The number of nitrogens with one attached hydrogen (secondary N) is 2. The fourth-order valence-electron chi connectivity index (χ4n) is 5.02. The molecule has 10 heteroatoms. The zero-order valence-electron chi connectivity index (χ0n) is 17.9. The lowest BCUT2D eigenvalue weighted by atomic mass is 9.73. The van der Waals surface area contributed by atoms with E-state index in [0.717, 1.165) is 49.1 Å². The molecule has 2 atom stereocenters. The number of hydrogen-bond acceptors (Lipinski definition) is 4. The summed E-state index contributed by atoms with van der Waals surface area (Å²) in [5.41, 5.74) is -1.34. The molecule has 1 spiro atoms. The van der Waals surface area contributed by atoms with E-state index in [1.54, 1.807) is 0 Å². The summed E-state index contributed by atoms with van der Waals surface area (Å²) >= 11 is 0. The molecule has 7 nitrogen and oxygen atoms in total. The molecule has 3 aliphatic rings. The van der Waals surface area contributed by atoms with E-state index in [9.17, 15) is 27.6 Å². The van der Waals surface area contributed by atoms with Gasteiger partial charge in [-0.3, -0.25) is 14.5 Å². The molecule has 32 heavy (non-hydrogen) atoms. The Morgan fingerprint density at radius 1 is 1.19 bits per heavy atom. The molecule has 1 aliphatic carbocycles. The third kappa shape index (κ3) is 4.02. The summed E-state index contributed by atoms with van der Waals surface area (Å²) in [6.45, 7) is 2.73. The van der Waals surface area contributed by atoms with Gasteiger partial charge in [-0.15, -0.1) is 0 Å². The number of carbonyl (C=O) groups is 3. The normalized spacial score (nSPS) is 26.1. The summed E-state index contributed by atoms with van der Waals surface area (Å²) in [6.07, 6.45) is 0.367. The van der Waals surface area contributed by atoms with Crippen LogP contribution >= 0.6 is 0 Å². The summed E-state index contributed by atoms with van der Waals surface area (Å²) in [5, 5.41) is 5.29. The van der Waals surface area contributed by atoms with Gasteiger partial charge in [0.1, 0.15) is 12.1 Å². The Labute approximate surface area is 184 Å². The van der Waals surface area contributed by atoms with Crippen molar-refractivity contribution in [2.24, 2.45) is 5.92 Å². The van der Waals surface area contributed by atoms with E-state index < -0.39 is 41.7 Å². The van der Waals surface area contributed by atoms with Crippen molar-refractivity contribution in [1.82, 2.24) is 10.2 Å². The van der Waals surface area contributed by atoms with Crippen molar-refractivity contribution in [3.05, 3.63) is 23.8 Å². The molecule has 2 N–H and O–H groups in total. The minimum atomic E-state index is -4.56. The van der Waals surface area contributed by atoms with E-state index in [-0.39, 0.29) is 11.6 Å². The van der Waals surface area contributed by atoms with Crippen molar-refractivity contribution in [3.8, 4) is 0 Å². The van der Waals surface area contributed by atoms with Crippen molar-refractivity contribution >= 4 is 29.2 Å². The fraction of sp³-hybridized carbons (Fsp3) is 0.591.